The van der Waals surface area contributed by atoms with Crippen molar-refractivity contribution in [3.05, 3.63) is 34.3 Å². The highest BCUT2D eigenvalue weighted by Gasteiger charge is 2.37. The molecule has 0 aliphatic heterocycles. The molecular weight excluding hydrogens is 198 g/mol. The molecule has 2 nitrogen and oxygen atoms in total. The molecule has 3 heteroatoms. The van der Waals surface area contributed by atoms with Crippen LogP contribution in [0.4, 0.5) is 0 Å². The number of halogens is 1. The molecule has 0 aromatic heterocycles. The predicted molar refractivity (Wildman–Crippen MR) is 53.9 cm³/mol. The SMILES string of the molecule is N#Cc1ccc(Cl)c(C2(O)CCC2)c1. The van der Waals surface area contributed by atoms with Gasteiger partial charge in [-0.05, 0) is 37.5 Å². The van der Waals surface area contributed by atoms with Crippen molar-refractivity contribution < 1.29 is 5.11 Å². The van der Waals surface area contributed by atoms with Crippen LogP contribution in [0.25, 0.3) is 0 Å². The topological polar surface area (TPSA) is 44.0 Å². The van der Waals surface area contributed by atoms with Gasteiger partial charge in [0.15, 0.2) is 0 Å². The van der Waals surface area contributed by atoms with Gasteiger partial charge < -0.3 is 5.11 Å². The third-order valence-electron chi connectivity index (χ3n) is 2.78. The van der Waals surface area contributed by atoms with Crippen LogP contribution in [0.2, 0.25) is 5.02 Å². The smallest absolute Gasteiger partial charge is 0.0991 e. The van der Waals surface area contributed by atoms with E-state index in [-0.39, 0.29) is 0 Å². The fourth-order valence-corrected chi connectivity index (χ4v) is 2.03. The van der Waals surface area contributed by atoms with Crippen LogP contribution in [-0.2, 0) is 5.60 Å². The first-order valence-corrected chi connectivity index (χ1v) is 4.96. The zero-order valence-electron chi connectivity index (χ0n) is 7.63. The maximum Gasteiger partial charge on any atom is 0.0991 e. The summed E-state index contributed by atoms with van der Waals surface area (Å²) in [5.41, 5.74) is 0.457. The Labute approximate surface area is 87.7 Å². The fraction of sp³-hybridized carbons (Fsp3) is 0.364. The molecule has 1 fully saturated rings. The van der Waals surface area contributed by atoms with E-state index in [4.69, 9.17) is 16.9 Å². The Morgan fingerprint density at radius 3 is 2.64 bits per heavy atom. The number of rotatable bonds is 1. The lowest BCUT2D eigenvalue weighted by molar-refractivity contribution is -0.0387. The monoisotopic (exact) mass is 207 g/mol. The largest absolute Gasteiger partial charge is 0.385 e. The molecule has 0 radical (unpaired) electrons. The molecule has 0 saturated heterocycles. The van der Waals surface area contributed by atoms with E-state index in [1.807, 2.05) is 6.07 Å². The van der Waals surface area contributed by atoms with Crippen molar-refractivity contribution in [2.75, 3.05) is 0 Å². The van der Waals surface area contributed by atoms with Crippen LogP contribution in [-0.4, -0.2) is 5.11 Å². The standard InChI is InChI=1S/C11H10ClNO/c12-10-3-2-8(7-13)6-9(10)11(14)4-1-5-11/h2-3,6,14H,1,4-5H2. The van der Waals surface area contributed by atoms with E-state index in [0.717, 1.165) is 19.3 Å². The van der Waals surface area contributed by atoms with Gasteiger partial charge in [0.1, 0.15) is 0 Å². The Balaban J connectivity index is 2.46. The minimum absolute atomic E-state index is 0.546. The van der Waals surface area contributed by atoms with Crippen molar-refractivity contribution in [3.8, 4) is 6.07 Å². The first-order valence-electron chi connectivity index (χ1n) is 4.58. The number of hydrogen-bond acceptors (Lipinski definition) is 2. The van der Waals surface area contributed by atoms with E-state index in [2.05, 4.69) is 0 Å². The summed E-state index contributed by atoms with van der Waals surface area (Å²) in [5.74, 6) is 0. The highest BCUT2D eigenvalue weighted by Crippen LogP contribution is 2.43. The van der Waals surface area contributed by atoms with Crippen LogP contribution in [0.5, 0.6) is 0 Å². The van der Waals surface area contributed by atoms with Crippen molar-refractivity contribution in [1.29, 1.82) is 5.26 Å². The molecule has 1 aliphatic rings. The third-order valence-corrected chi connectivity index (χ3v) is 3.11. The minimum Gasteiger partial charge on any atom is -0.385 e. The predicted octanol–water partition coefficient (Wildman–Crippen LogP) is 2.58. The Hall–Kier alpha value is -1.04. The molecule has 0 amide bonds. The summed E-state index contributed by atoms with van der Waals surface area (Å²) in [6.07, 6.45) is 2.49. The molecule has 1 aromatic rings. The highest BCUT2D eigenvalue weighted by molar-refractivity contribution is 6.31. The van der Waals surface area contributed by atoms with Gasteiger partial charge in [-0.25, -0.2) is 0 Å². The van der Waals surface area contributed by atoms with Crippen molar-refractivity contribution >= 4 is 11.6 Å². The number of nitrogens with zero attached hydrogens (tertiary/aromatic N) is 1. The van der Waals surface area contributed by atoms with Crippen LogP contribution in [0.1, 0.15) is 30.4 Å². The van der Waals surface area contributed by atoms with Gasteiger partial charge in [-0.3, -0.25) is 0 Å². The van der Waals surface area contributed by atoms with Gasteiger partial charge in [-0.15, -0.1) is 0 Å². The third kappa shape index (κ3) is 1.39. The molecule has 14 heavy (non-hydrogen) atoms. The number of aliphatic hydroxyl groups is 1. The Kier molecular flexibility index (Phi) is 2.22. The Morgan fingerprint density at radius 2 is 2.14 bits per heavy atom. The summed E-state index contributed by atoms with van der Waals surface area (Å²) in [5, 5.41) is 19.4. The fourth-order valence-electron chi connectivity index (χ4n) is 1.73. The van der Waals surface area contributed by atoms with Crippen LogP contribution < -0.4 is 0 Å². The van der Waals surface area contributed by atoms with Gasteiger partial charge in [0.25, 0.3) is 0 Å². The van der Waals surface area contributed by atoms with Gasteiger partial charge in [-0.1, -0.05) is 11.6 Å². The van der Waals surface area contributed by atoms with Crippen molar-refractivity contribution in [2.45, 2.75) is 24.9 Å². The van der Waals surface area contributed by atoms with Crippen LogP contribution in [0, 0.1) is 11.3 Å². The number of benzene rings is 1. The first kappa shape index (κ1) is 9.51. The first-order chi connectivity index (χ1) is 6.65. The van der Waals surface area contributed by atoms with Crippen molar-refractivity contribution in [3.63, 3.8) is 0 Å². The van der Waals surface area contributed by atoms with E-state index >= 15 is 0 Å². The van der Waals surface area contributed by atoms with Crippen molar-refractivity contribution in [1.82, 2.24) is 0 Å². The second kappa shape index (κ2) is 3.27. The van der Waals surface area contributed by atoms with Gasteiger partial charge in [0, 0.05) is 10.6 Å². The molecule has 0 atom stereocenters. The van der Waals surface area contributed by atoms with Gasteiger partial charge in [-0.2, -0.15) is 5.26 Å². The molecule has 1 saturated carbocycles. The molecule has 0 bridgehead atoms. The molecule has 72 valence electrons. The molecule has 1 N–H and O–H groups in total. The molecule has 0 spiro atoms. The summed E-state index contributed by atoms with van der Waals surface area (Å²) in [6, 6.07) is 7.06. The van der Waals surface area contributed by atoms with Gasteiger partial charge in [0.2, 0.25) is 0 Å². The molecule has 2 rings (SSSR count). The van der Waals surface area contributed by atoms with E-state index in [1.54, 1.807) is 18.2 Å². The van der Waals surface area contributed by atoms with E-state index in [1.165, 1.54) is 0 Å². The normalized spacial score (nSPS) is 18.4. The van der Waals surface area contributed by atoms with Crippen LogP contribution in [0.15, 0.2) is 18.2 Å². The van der Waals surface area contributed by atoms with E-state index in [9.17, 15) is 5.11 Å². The van der Waals surface area contributed by atoms with Crippen molar-refractivity contribution in [2.24, 2.45) is 0 Å². The number of nitriles is 1. The zero-order chi connectivity index (χ0) is 10.2. The molecule has 1 aliphatic carbocycles. The lowest BCUT2D eigenvalue weighted by Gasteiger charge is -2.37. The minimum atomic E-state index is -0.788. The average molecular weight is 208 g/mol. The zero-order valence-corrected chi connectivity index (χ0v) is 8.38. The molecule has 0 heterocycles. The van der Waals surface area contributed by atoms with Gasteiger partial charge >= 0.3 is 0 Å². The molecule has 0 unspecified atom stereocenters. The van der Waals surface area contributed by atoms with E-state index < -0.39 is 5.60 Å². The summed E-state index contributed by atoms with van der Waals surface area (Å²) >= 11 is 5.98. The van der Waals surface area contributed by atoms with Crippen LogP contribution >= 0.6 is 11.6 Å². The molecular formula is C11H10ClNO. The average Bonchev–Trinajstić information content (AvgIpc) is 2.15. The maximum absolute atomic E-state index is 10.1. The number of hydrogen-bond donors (Lipinski definition) is 1. The summed E-state index contributed by atoms with van der Waals surface area (Å²) < 4.78 is 0. The van der Waals surface area contributed by atoms with E-state index in [0.29, 0.717) is 16.1 Å². The Bertz CT molecular complexity index is 404. The summed E-state index contributed by atoms with van der Waals surface area (Å²) in [4.78, 5) is 0. The summed E-state index contributed by atoms with van der Waals surface area (Å²) in [6.45, 7) is 0. The second-order valence-corrected chi connectivity index (χ2v) is 4.10. The molecule has 1 aromatic carbocycles. The van der Waals surface area contributed by atoms with Crippen LogP contribution in [0.3, 0.4) is 0 Å². The summed E-state index contributed by atoms with van der Waals surface area (Å²) in [7, 11) is 0. The lowest BCUT2D eigenvalue weighted by atomic mass is 9.75. The second-order valence-electron chi connectivity index (χ2n) is 3.69. The lowest BCUT2D eigenvalue weighted by Crippen LogP contribution is -2.33. The quantitative estimate of drug-likeness (QED) is 0.769. The maximum atomic E-state index is 10.1. The Morgan fingerprint density at radius 1 is 1.43 bits per heavy atom. The van der Waals surface area contributed by atoms with Gasteiger partial charge in [0.05, 0.1) is 17.2 Å². The highest BCUT2D eigenvalue weighted by atomic mass is 35.5.